The van der Waals surface area contributed by atoms with Crippen molar-refractivity contribution in [2.45, 2.75) is 12.4 Å². The second kappa shape index (κ2) is 6.84. The van der Waals surface area contributed by atoms with Crippen molar-refractivity contribution >= 4 is 56.0 Å². The minimum atomic E-state index is -4.92. The Labute approximate surface area is 171 Å². The molecule has 0 atom stereocenters. The molecule has 0 aliphatic carbocycles. The Morgan fingerprint density at radius 1 is 0.654 bits per heavy atom. The molecule has 0 saturated carbocycles. The van der Waals surface area contributed by atoms with E-state index in [0.717, 1.165) is 6.07 Å². The van der Waals surface area contributed by atoms with Gasteiger partial charge in [-0.15, -0.1) is 0 Å². The van der Waals surface area contributed by atoms with Crippen LogP contribution in [0.3, 0.4) is 0 Å². The van der Waals surface area contributed by atoms with Crippen LogP contribution in [0.2, 0.25) is 0 Å². The first-order chi connectivity index (χ1) is 12.0. The van der Waals surface area contributed by atoms with Gasteiger partial charge in [0, 0.05) is 18.3 Å². The average molecular weight is 592 g/mol. The molecule has 26 heavy (non-hydrogen) atoms. The number of alkyl halides is 6. The first kappa shape index (κ1) is 19.7. The van der Waals surface area contributed by atoms with E-state index in [0.29, 0.717) is 14.3 Å². The van der Waals surface area contributed by atoms with Crippen molar-refractivity contribution in [3.05, 3.63) is 66.8 Å². The van der Waals surface area contributed by atoms with E-state index >= 15 is 0 Å². The molecular weight excluding hydrogens is 584 g/mol. The summed E-state index contributed by atoms with van der Waals surface area (Å²) in [6, 6.07) is 11.2. The van der Waals surface area contributed by atoms with E-state index in [4.69, 9.17) is 0 Å². The zero-order valence-electron chi connectivity index (χ0n) is 12.6. The summed E-state index contributed by atoms with van der Waals surface area (Å²) in [5.74, 6) is 0. The summed E-state index contributed by atoms with van der Waals surface area (Å²) in [7, 11) is 0. The van der Waals surface area contributed by atoms with Gasteiger partial charge in [0.1, 0.15) is 0 Å². The van der Waals surface area contributed by atoms with E-state index < -0.39 is 23.5 Å². The van der Waals surface area contributed by atoms with Crippen molar-refractivity contribution in [1.29, 1.82) is 0 Å². The highest BCUT2D eigenvalue weighted by molar-refractivity contribution is 14.1. The monoisotopic (exact) mass is 592 g/mol. The maximum absolute atomic E-state index is 13.6. The third-order valence-electron chi connectivity index (χ3n) is 3.85. The number of rotatable bonds is 1. The first-order valence-corrected chi connectivity index (χ1v) is 9.31. The van der Waals surface area contributed by atoms with E-state index in [1.165, 1.54) is 0 Å². The molecule has 0 unspecified atom stereocenters. The van der Waals surface area contributed by atoms with Crippen LogP contribution < -0.4 is 0 Å². The van der Waals surface area contributed by atoms with E-state index in [9.17, 15) is 26.3 Å². The molecule has 0 radical (unpaired) electrons. The van der Waals surface area contributed by atoms with Gasteiger partial charge in [0.2, 0.25) is 0 Å². The van der Waals surface area contributed by atoms with Gasteiger partial charge in [-0.1, -0.05) is 30.3 Å². The fourth-order valence-corrected chi connectivity index (χ4v) is 4.38. The highest BCUT2D eigenvalue weighted by Crippen LogP contribution is 2.46. The fraction of sp³-hybridized carbons (Fsp3) is 0.111. The predicted octanol–water partition coefficient (Wildman–Crippen LogP) is 7.75. The molecule has 0 N–H and O–H groups in total. The van der Waals surface area contributed by atoms with Crippen LogP contribution in [-0.2, 0) is 12.4 Å². The number of benzene rings is 3. The van der Waals surface area contributed by atoms with Crippen LogP contribution in [-0.4, -0.2) is 0 Å². The summed E-state index contributed by atoms with van der Waals surface area (Å²) in [6.45, 7) is 0. The van der Waals surface area contributed by atoms with E-state index in [1.54, 1.807) is 59.0 Å². The fourth-order valence-electron chi connectivity index (χ4n) is 2.75. The summed E-state index contributed by atoms with van der Waals surface area (Å²) >= 11 is 3.45. The molecule has 0 aliphatic heterocycles. The second-order valence-electron chi connectivity index (χ2n) is 5.52. The third-order valence-corrected chi connectivity index (χ3v) is 5.60. The van der Waals surface area contributed by atoms with Gasteiger partial charge in [0.05, 0.1) is 11.1 Å². The van der Waals surface area contributed by atoms with Crippen molar-refractivity contribution in [2.75, 3.05) is 0 Å². The Bertz CT molecular complexity index is 989. The Kier molecular flexibility index (Phi) is 5.19. The summed E-state index contributed by atoms with van der Waals surface area (Å²) in [5.41, 5.74) is -2.54. The van der Waals surface area contributed by atoms with Crippen molar-refractivity contribution < 1.29 is 26.3 Å². The Balaban J connectivity index is 2.45. The van der Waals surface area contributed by atoms with E-state index in [2.05, 4.69) is 0 Å². The highest BCUT2D eigenvalue weighted by Gasteiger charge is 2.40. The summed E-state index contributed by atoms with van der Waals surface area (Å²) in [4.78, 5) is 0. The molecule has 0 bridgehead atoms. The number of fused-ring (bicyclic) bond motifs is 1. The minimum Gasteiger partial charge on any atom is -0.166 e. The molecule has 3 rings (SSSR count). The van der Waals surface area contributed by atoms with Crippen molar-refractivity contribution in [1.82, 2.24) is 0 Å². The van der Waals surface area contributed by atoms with Gasteiger partial charge in [-0.3, -0.25) is 0 Å². The first-order valence-electron chi connectivity index (χ1n) is 7.15. The zero-order chi connectivity index (χ0) is 19.3. The number of hydrogen-bond donors (Lipinski definition) is 0. The smallest absolute Gasteiger partial charge is 0.166 e. The molecule has 0 nitrogen and oxygen atoms in total. The summed E-state index contributed by atoms with van der Waals surface area (Å²) < 4.78 is 80.4. The summed E-state index contributed by atoms with van der Waals surface area (Å²) in [5, 5.41) is 1.27. The second-order valence-corrected chi connectivity index (χ2v) is 7.84. The van der Waals surface area contributed by atoms with Gasteiger partial charge in [-0.25, -0.2) is 0 Å². The normalized spacial score (nSPS) is 12.6. The molecule has 0 spiro atoms. The maximum Gasteiger partial charge on any atom is 0.417 e. The highest BCUT2D eigenvalue weighted by atomic mass is 127. The molecular formula is C18H8F6I2. The number of halogens is 8. The quantitative estimate of drug-likeness (QED) is 0.200. The number of hydrogen-bond acceptors (Lipinski definition) is 0. The topological polar surface area (TPSA) is 0 Å². The molecule has 0 amide bonds. The van der Waals surface area contributed by atoms with Crippen molar-refractivity contribution in [2.24, 2.45) is 0 Å². The van der Waals surface area contributed by atoms with Gasteiger partial charge >= 0.3 is 12.4 Å². The van der Waals surface area contributed by atoms with Gasteiger partial charge < -0.3 is 0 Å². The van der Waals surface area contributed by atoms with Gasteiger partial charge in [0.15, 0.2) is 0 Å². The zero-order valence-corrected chi connectivity index (χ0v) is 17.0. The molecule has 0 fully saturated rings. The Morgan fingerprint density at radius 3 is 1.92 bits per heavy atom. The van der Waals surface area contributed by atoms with E-state index in [1.807, 2.05) is 22.6 Å². The van der Waals surface area contributed by atoms with Crippen LogP contribution in [0.25, 0.3) is 21.9 Å². The summed E-state index contributed by atoms with van der Waals surface area (Å²) in [6.07, 6.45) is -9.78. The van der Waals surface area contributed by atoms with Crippen molar-refractivity contribution in [3.63, 3.8) is 0 Å². The average Bonchev–Trinajstić information content (AvgIpc) is 2.53. The van der Waals surface area contributed by atoms with Crippen molar-refractivity contribution in [3.8, 4) is 11.1 Å². The Morgan fingerprint density at radius 2 is 1.31 bits per heavy atom. The van der Waals surface area contributed by atoms with Crippen LogP contribution in [0.5, 0.6) is 0 Å². The van der Waals surface area contributed by atoms with Crippen LogP contribution in [0, 0.1) is 7.14 Å². The van der Waals surface area contributed by atoms with Gasteiger partial charge in [-0.2, -0.15) is 26.3 Å². The molecule has 136 valence electrons. The van der Waals surface area contributed by atoms with Gasteiger partial charge in [0.25, 0.3) is 0 Å². The minimum absolute atomic E-state index is 0.0981. The van der Waals surface area contributed by atoms with Crippen LogP contribution >= 0.6 is 45.2 Å². The molecule has 3 aromatic rings. The Hall–Kier alpha value is -1.04. The standard InChI is InChI=1S/C18H8F6I2/c19-17(20,21)10-7-12(18(22,23)24)16(14(26)8-10)15-11-4-2-1-3-9(11)5-6-13(15)25/h1-8H. The molecule has 0 heterocycles. The SMILES string of the molecule is FC(F)(F)c1cc(I)c(-c2c(I)ccc3ccccc23)c(C(F)(F)F)c1. The lowest BCUT2D eigenvalue weighted by Crippen LogP contribution is -2.14. The van der Waals surface area contributed by atoms with Gasteiger partial charge in [-0.05, 0) is 74.2 Å². The van der Waals surface area contributed by atoms with Crippen LogP contribution in [0.1, 0.15) is 11.1 Å². The largest absolute Gasteiger partial charge is 0.417 e. The third kappa shape index (κ3) is 3.67. The van der Waals surface area contributed by atoms with Crippen LogP contribution in [0.4, 0.5) is 26.3 Å². The maximum atomic E-state index is 13.6. The molecule has 8 heteroatoms. The predicted molar refractivity (Wildman–Crippen MR) is 105 cm³/mol. The van der Waals surface area contributed by atoms with E-state index in [-0.39, 0.29) is 20.8 Å². The molecule has 0 saturated heterocycles. The lowest BCUT2D eigenvalue weighted by atomic mass is 9.93. The lowest BCUT2D eigenvalue weighted by Gasteiger charge is -2.20. The molecule has 0 aliphatic rings. The lowest BCUT2D eigenvalue weighted by molar-refractivity contribution is -0.142. The molecule has 0 aromatic heterocycles. The van der Waals surface area contributed by atoms with Crippen LogP contribution in [0.15, 0.2) is 48.5 Å². The molecule has 3 aromatic carbocycles.